The van der Waals surface area contributed by atoms with E-state index in [-0.39, 0.29) is 23.3 Å². The topological polar surface area (TPSA) is 92.6 Å². The van der Waals surface area contributed by atoms with Gasteiger partial charge in [0, 0.05) is 30.0 Å². The fourth-order valence-corrected chi connectivity index (χ4v) is 3.95. The molecule has 1 atom stereocenters. The van der Waals surface area contributed by atoms with Crippen molar-refractivity contribution in [3.63, 3.8) is 0 Å². The molecule has 0 spiro atoms. The van der Waals surface area contributed by atoms with Gasteiger partial charge in [0.05, 0.1) is 10.7 Å². The maximum Gasteiger partial charge on any atom is 0.269 e. The first-order valence-electron chi connectivity index (χ1n) is 10.4. The summed E-state index contributed by atoms with van der Waals surface area (Å²) in [4.78, 5) is 37.9. The molecule has 0 saturated heterocycles. The van der Waals surface area contributed by atoms with Gasteiger partial charge < -0.3 is 10.2 Å². The predicted molar refractivity (Wildman–Crippen MR) is 128 cm³/mol. The van der Waals surface area contributed by atoms with Crippen LogP contribution in [0.3, 0.4) is 0 Å². The van der Waals surface area contributed by atoms with Crippen LogP contribution in [0.4, 0.5) is 5.69 Å². The van der Waals surface area contributed by atoms with Crippen molar-refractivity contribution in [1.82, 2.24) is 10.2 Å². The van der Waals surface area contributed by atoms with Gasteiger partial charge in [-0.25, -0.2) is 0 Å². The van der Waals surface area contributed by atoms with Crippen LogP contribution < -0.4 is 5.32 Å². The minimum atomic E-state index is -0.624. The van der Waals surface area contributed by atoms with E-state index in [4.69, 9.17) is 0 Å². The molecule has 172 valence electrons. The number of non-ortho nitro benzene ring substituents is 1. The third-order valence-corrected chi connectivity index (χ3v) is 5.90. The Hall–Kier alpha value is -2.87. The van der Waals surface area contributed by atoms with Crippen molar-refractivity contribution in [2.45, 2.75) is 58.5 Å². The highest BCUT2D eigenvalue weighted by atomic mass is 32.2. The summed E-state index contributed by atoms with van der Waals surface area (Å²) in [6.07, 6.45) is 0. The molecule has 0 aliphatic rings. The van der Waals surface area contributed by atoms with Gasteiger partial charge in [-0.05, 0) is 51.3 Å². The number of carbonyl (C=O) groups is 2. The Morgan fingerprint density at radius 2 is 1.75 bits per heavy atom. The van der Waals surface area contributed by atoms with E-state index in [0.717, 1.165) is 16.7 Å². The highest BCUT2D eigenvalue weighted by Gasteiger charge is 2.28. The molecule has 7 nitrogen and oxygen atoms in total. The second kappa shape index (κ2) is 11.1. The number of benzene rings is 2. The fraction of sp³-hybridized carbons (Fsp3) is 0.417. The number of aryl methyl sites for hydroxylation is 1. The maximum atomic E-state index is 13.1. The minimum absolute atomic E-state index is 0.0397. The molecule has 2 amide bonds. The Bertz CT molecular complexity index is 954. The molecule has 2 rings (SSSR count). The Labute approximate surface area is 193 Å². The van der Waals surface area contributed by atoms with Crippen LogP contribution in [0.5, 0.6) is 0 Å². The van der Waals surface area contributed by atoms with Crippen molar-refractivity contribution in [2.24, 2.45) is 0 Å². The van der Waals surface area contributed by atoms with Crippen molar-refractivity contribution >= 4 is 29.3 Å². The maximum absolute atomic E-state index is 13.1. The van der Waals surface area contributed by atoms with Crippen molar-refractivity contribution in [1.29, 1.82) is 0 Å². The number of nitrogens with one attached hydrogen (secondary N) is 1. The van der Waals surface area contributed by atoms with Gasteiger partial charge in [0.15, 0.2) is 0 Å². The number of hydrogen-bond acceptors (Lipinski definition) is 5. The van der Waals surface area contributed by atoms with Gasteiger partial charge in [-0.1, -0.05) is 36.4 Å². The van der Waals surface area contributed by atoms with E-state index < -0.39 is 16.5 Å². The van der Waals surface area contributed by atoms with Crippen LogP contribution in [0.1, 0.15) is 44.4 Å². The Morgan fingerprint density at radius 1 is 1.12 bits per heavy atom. The van der Waals surface area contributed by atoms with Crippen LogP contribution in [0, 0.1) is 17.0 Å². The molecule has 2 aromatic carbocycles. The number of carbonyl (C=O) groups excluding carboxylic acids is 2. The van der Waals surface area contributed by atoms with E-state index in [2.05, 4.69) is 5.32 Å². The number of hydrogen-bond donors (Lipinski definition) is 1. The van der Waals surface area contributed by atoms with Gasteiger partial charge >= 0.3 is 0 Å². The lowest BCUT2D eigenvalue weighted by atomic mass is 10.1. The van der Waals surface area contributed by atoms with E-state index in [1.165, 1.54) is 23.9 Å². The lowest BCUT2D eigenvalue weighted by Gasteiger charge is -2.31. The lowest BCUT2D eigenvalue weighted by Crippen LogP contribution is -2.52. The van der Waals surface area contributed by atoms with Gasteiger partial charge in [-0.2, -0.15) is 0 Å². The van der Waals surface area contributed by atoms with Gasteiger partial charge in [-0.15, -0.1) is 11.8 Å². The van der Waals surface area contributed by atoms with E-state index in [1.807, 2.05) is 52.0 Å². The van der Waals surface area contributed by atoms with Gasteiger partial charge in [0.2, 0.25) is 11.8 Å². The molecule has 0 fully saturated rings. The number of rotatable bonds is 9. The summed E-state index contributed by atoms with van der Waals surface area (Å²) >= 11 is 1.42. The first-order chi connectivity index (χ1) is 15.0. The van der Waals surface area contributed by atoms with Crippen molar-refractivity contribution < 1.29 is 14.5 Å². The average Bonchev–Trinajstić information content (AvgIpc) is 2.71. The van der Waals surface area contributed by atoms with E-state index in [1.54, 1.807) is 24.0 Å². The van der Waals surface area contributed by atoms with Crippen LogP contribution in [-0.2, 0) is 21.9 Å². The molecule has 0 aliphatic carbocycles. The van der Waals surface area contributed by atoms with E-state index in [9.17, 15) is 19.7 Å². The van der Waals surface area contributed by atoms with E-state index >= 15 is 0 Å². The summed E-state index contributed by atoms with van der Waals surface area (Å²) in [6.45, 7) is 9.81. The zero-order valence-corrected chi connectivity index (χ0v) is 20.1. The third kappa shape index (κ3) is 7.67. The Kier molecular flexibility index (Phi) is 8.83. The molecule has 0 aliphatic heterocycles. The molecule has 0 bridgehead atoms. The van der Waals surface area contributed by atoms with Gasteiger partial charge in [-0.3, -0.25) is 19.7 Å². The van der Waals surface area contributed by atoms with Crippen LogP contribution in [-0.4, -0.2) is 39.0 Å². The Balaban J connectivity index is 2.09. The predicted octanol–water partition coefficient (Wildman–Crippen LogP) is 4.47. The molecular weight excluding hydrogens is 426 g/mol. The highest BCUT2D eigenvalue weighted by molar-refractivity contribution is 7.99. The quantitative estimate of drug-likeness (QED) is 0.443. The number of amides is 2. The summed E-state index contributed by atoms with van der Waals surface area (Å²) in [5.41, 5.74) is 2.60. The van der Waals surface area contributed by atoms with Crippen LogP contribution >= 0.6 is 11.8 Å². The van der Waals surface area contributed by atoms with Crippen molar-refractivity contribution in [3.05, 3.63) is 75.3 Å². The molecule has 0 aromatic heterocycles. The van der Waals surface area contributed by atoms with Gasteiger partial charge in [0.1, 0.15) is 6.04 Å². The zero-order valence-electron chi connectivity index (χ0n) is 19.3. The number of nitrogens with zero attached hydrogens (tertiary/aromatic N) is 2. The SMILES string of the molecule is Cc1ccccc1CN(C(=O)CSCc1ccc([N+](=O)[O-])cc1)[C@@H](C)C(=O)NC(C)(C)C. The first kappa shape index (κ1) is 25.4. The van der Waals surface area contributed by atoms with Crippen LogP contribution in [0.25, 0.3) is 0 Å². The normalized spacial score (nSPS) is 12.2. The number of thioether (sulfide) groups is 1. The Morgan fingerprint density at radius 3 is 2.31 bits per heavy atom. The summed E-state index contributed by atoms with van der Waals surface area (Å²) in [7, 11) is 0. The van der Waals surface area contributed by atoms with Crippen molar-refractivity contribution in [3.8, 4) is 0 Å². The molecule has 2 aromatic rings. The molecule has 32 heavy (non-hydrogen) atoms. The second-order valence-electron chi connectivity index (χ2n) is 8.78. The third-order valence-electron chi connectivity index (χ3n) is 4.91. The average molecular weight is 458 g/mol. The summed E-state index contributed by atoms with van der Waals surface area (Å²) in [5.74, 6) is 0.428. The summed E-state index contributed by atoms with van der Waals surface area (Å²) in [6, 6.07) is 13.5. The molecule has 0 unspecified atom stereocenters. The smallest absolute Gasteiger partial charge is 0.269 e. The monoisotopic (exact) mass is 457 g/mol. The minimum Gasteiger partial charge on any atom is -0.350 e. The molecule has 0 radical (unpaired) electrons. The molecule has 0 saturated carbocycles. The molecule has 1 N–H and O–H groups in total. The fourth-order valence-electron chi connectivity index (χ4n) is 3.08. The standard InChI is InChI=1S/C24H31N3O4S/c1-17-8-6-7-9-20(17)14-26(18(2)23(29)25-24(3,4)5)22(28)16-32-15-19-10-12-21(13-11-19)27(30)31/h6-13,18H,14-16H2,1-5H3,(H,25,29)/t18-/m0/s1. The first-order valence-corrected chi connectivity index (χ1v) is 11.6. The molecule has 0 heterocycles. The summed E-state index contributed by atoms with van der Waals surface area (Å²) in [5, 5.41) is 13.7. The van der Waals surface area contributed by atoms with Crippen LogP contribution in [0.15, 0.2) is 48.5 Å². The second-order valence-corrected chi connectivity index (χ2v) is 9.77. The molecular formula is C24H31N3O4S. The molecule has 8 heteroatoms. The van der Waals surface area contributed by atoms with Crippen molar-refractivity contribution in [2.75, 3.05) is 5.75 Å². The zero-order chi connectivity index (χ0) is 23.9. The van der Waals surface area contributed by atoms with E-state index in [0.29, 0.717) is 12.3 Å². The largest absolute Gasteiger partial charge is 0.350 e. The van der Waals surface area contributed by atoms with Gasteiger partial charge in [0.25, 0.3) is 5.69 Å². The summed E-state index contributed by atoms with van der Waals surface area (Å²) < 4.78 is 0. The lowest BCUT2D eigenvalue weighted by molar-refractivity contribution is -0.384. The van der Waals surface area contributed by atoms with Crippen LogP contribution in [0.2, 0.25) is 0 Å². The highest BCUT2D eigenvalue weighted by Crippen LogP contribution is 2.19. The number of nitro groups is 1. The number of nitro benzene ring substituents is 1.